The molecular formula is C12H19ClN2O2S. The highest BCUT2D eigenvalue weighted by Gasteiger charge is 2.22. The summed E-state index contributed by atoms with van der Waals surface area (Å²) in [6, 6.07) is 3.65. The van der Waals surface area contributed by atoms with Crippen LogP contribution in [0, 0.1) is 5.92 Å². The molecule has 0 aliphatic carbocycles. The first-order valence-corrected chi connectivity index (χ1v) is 8.06. The van der Waals surface area contributed by atoms with Crippen LogP contribution in [-0.4, -0.2) is 35.9 Å². The van der Waals surface area contributed by atoms with Crippen molar-refractivity contribution in [2.24, 2.45) is 5.92 Å². The topological polar surface area (TPSA) is 50.3 Å². The first-order chi connectivity index (χ1) is 8.49. The summed E-state index contributed by atoms with van der Waals surface area (Å²) in [4.78, 5) is 3.92. The summed E-state index contributed by atoms with van der Waals surface area (Å²) in [6.07, 6.45) is 3.33. The van der Waals surface area contributed by atoms with E-state index in [1.54, 1.807) is 12.4 Å². The molecule has 0 N–H and O–H groups in total. The van der Waals surface area contributed by atoms with Crippen LogP contribution in [0.2, 0.25) is 0 Å². The molecule has 1 aromatic heterocycles. The second-order valence-electron chi connectivity index (χ2n) is 4.32. The Kier molecular flexibility index (Phi) is 6.05. The van der Waals surface area contributed by atoms with Crippen LogP contribution in [0.1, 0.15) is 19.4 Å². The Hall–Kier alpha value is -0.650. The van der Waals surface area contributed by atoms with Crippen molar-refractivity contribution in [2.75, 3.05) is 18.2 Å². The van der Waals surface area contributed by atoms with Crippen LogP contribution in [0.3, 0.4) is 0 Å². The van der Waals surface area contributed by atoms with E-state index in [1.807, 2.05) is 26.0 Å². The van der Waals surface area contributed by atoms with Gasteiger partial charge in [-0.1, -0.05) is 13.8 Å². The smallest absolute Gasteiger partial charge is 0.214 e. The van der Waals surface area contributed by atoms with E-state index in [0.717, 1.165) is 5.56 Å². The molecule has 0 fully saturated rings. The van der Waals surface area contributed by atoms with Crippen LogP contribution >= 0.6 is 11.6 Å². The number of hydrogen-bond acceptors (Lipinski definition) is 3. The maximum Gasteiger partial charge on any atom is 0.214 e. The number of alkyl halides is 1. The van der Waals surface area contributed by atoms with E-state index in [-0.39, 0.29) is 11.7 Å². The summed E-state index contributed by atoms with van der Waals surface area (Å²) in [5.74, 6) is 0.407. The number of halogens is 1. The van der Waals surface area contributed by atoms with Gasteiger partial charge in [-0.25, -0.2) is 8.42 Å². The van der Waals surface area contributed by atoms with Gasteiger partial charge in [0.15, 0.2) is 0 Å². The van der Waals surface area contributed by atoms with Gasteiger partial charge in [0.1, 0.15) is 0 Å². The first-order valence-electron chi connectivity index (χ1n) is 5.92. The second-order valence-corrected chi connectivity index (χ2v) is 6.64. The van der Waals surface area contributed by atoms with Crippen LogP contribution in [-0.2, 0) is 16.6 Å². The van der Waals surface area contributed by atoms with Crippen molar-refractivity contribution >= 4 is 21.6 Å². The summed E-state index contributed by atoms with van der Waals surface area (Å²) < 4.78 is 25.9. The summed E-state index contributed by atoms with van der Waals surface area (Å²) in [6.45, 7) is 4.52. The fourth-order valence-electron chi connectivity index (χ4n) is 1.61. The number of sulfonamides is 1. The molecule has 0 aliphatic heterocycles. The highest BCUT2D eigenvalue weighted by molar-refractivity contribution is 7.89. The zero-order valence-electron chi connectivity index (χ0n) is 10.7. The van der Waals surface area contributed by atoms with Crippen molar-refractivity contribution < 1.29 is 8.42 Å². The molecule has 0 saturated carbocycles. The fourth-order valence-corrected chi connectivity index (χ4v) is 3.63. The van der Waals surface area contributed by atoms with Crippen molar-refractivity contribution in [1.82, 2.24) is 9.29 Å². The van der Waals surface area contributed by atoms with Crippen LogP contribution < -0.4 is 0 Å². The zero-order chi connectivity index (χ0) is 13.6. The average Bonchev–Trinajstić information content (AvgIpc) is 2.36. The lowest BCUT2D eigenvalue weighted by molar-refractivity contribution is 0.419. The van der Waals surface area contributed by atoms with Gasteiger partial charge in [-0.15, -0.1) is 11.6 Å². The van der Waals surface area contributed by atoms with E-state index in [0.29, 0.717) is 19.0 Å². The minimum atomic E-state index is -3.25. The SMILES string of the molecule is CCN(Cc1ccncc1)S(=O)(=O)CC(C)CCl. The third kappa shape index (κ3) is 4.55. The van der Waals surface area contributed by atoms with Crippen molar-refractivity contribution in [3.63, 3.8) is 0 Å². The van der Waals surface area contributed by atoms with Crippen molar-refractivity contribution in [1.29, 1.82) is 0 Å². The highest BCUT2D eigenvalue weighted by Crippen LogP contribution is 2.12. The molecule has 1 aromatic rings. The largest absolute Gasteiger partial charge is 0.265 e. The lowest BCUT2D eigenvalue weighted by atomic mass is 10.3. The maximum absolute atomic E-state index is 12.2. The summed E-state index contributed by atoms with van der Waals surface area (Å²) >= 11 is 5.67. The van der Waals surface area contributed by atoms with Gasteiger partial charge in [0.25, 0.3) is 0 Å². The number of hydrogen-bond donors (Lipinski definition) is 0. The third-order valence-electron chi connectivity index (χ3n) is 2.61. The lowest BCUT2D eigenvalue weighted by Gasteiger charge is -2.22. The van der Waals surface area contributed by atoms with E-state index in [2.05, 4.69) is 4.98 Å². The molecule has 1 rings (SSSR count). The number of nitrogens with zero attached hydrogens (tertiary/aromatic N) is 2. The van der Waals surface area contributed by atoms with Gasteiger partial charge in [0.05, 0.1) is 5.75 Å². The van der Waals surface area contributed by atoms with Crippen LogP contribution in [0.5, 0.6) is 0 Å². The second kappa shape index (κ2) is 7.07. The van der Waals surface area contributed by atoms with Gasteiger partial charge in [-0.05, 0) is 23.6 Å². The Morgan fingerprint density at radius 1 is 1.39 bits per heavy atom. The highest BCUT2D eigenvalue weighted by atomic mass is 35.5. The molecule has 0 amide bonds. The standard InChI is InChI=1S/C12H19ClN2O2S/c1-3-15(9-12-4-6-14-7-5-12)18(16,17)10-11(2)8-13/h4-7,11H,3,8-10H2,1-2H3. The monoisotopic (exact) mass is 290 g/mol. The van der Waals surface area contributed by atoms with E-state index in [1.165, 1.54) is 4.31 Å². The first kappa shape index (κ1) is 15.4. The van der Waals surface area contributed by atoms with Crippen molar-refractivity contribution in [3.8, 4) is 0 Å². The molecule has 102 valence electrons. The minimum Gasteiger partial charge on any atom is -0.265 e. The molecule has 0 aromatic carbocycles. The van der Waals surface area contributed by atoms with Gasteiger partial charge < -0.3 is 0 Å². The van der Waals surface area contributed by atoms with Crippen molar-refractivity contribution in [2.45, 2.75) is 20.4 Å². The number of pyridine rings is 1. The molecule has 1 unspecified atom stereocenters. The molecule has 0 spiro atoms. The predicted octanol–water partition coefficient (Wildman–Crippen LogP) is 2.11. The van der Waals surface area contributed by atoms with E-state index < -0.39 is 10.0 Å². The number of aromatic nitrogens is 1. The Morgan fingerprint density at radius 2 is 2.00 bits per heavy atom. The molecule has 0 saturated heterocycles. The van der Waals surface area contributed by atoms with E-state index in [9.17, 15) is 8.42 Å². The summed E-state index contributed by atoms with van der Waals surface area (Å²) in [5.41, 5.74) is 0.939. The molecule has 1 atom stereocenters. The normalized spacial score (nSPS) is 13.8. The molecule has 18 heavy (non-hydrogen) atoms. The average molecular weight is 291 g/mol. The van der Waals surface area contributed by atoms with Crippen LogP contribution in [0.4, 0.5) is 0 Å². The quantitative estimate of drug-likeness (QED) is 0.723. The summed E-state index contributed by atoms with van der Waals surface area (Å²) in [5, 5.41) is 0. The third-order valence-corrected chi connectivity index (χ3v) is 5.30. The molecule has 0 bridgehead atoms. The lowest BCUT2D eigenvalue weighted by Crippen LogP contribution is -2.34. The zero-order valence-corrected chi connectivity index (χ0v) is 12.3. The Morgan fingerprint density at radius 3 is 2.50 bits per heavy atom. The van der Waals surface area contributed by atoms with Gasteiger partial charge in [-0.3, -0.25) is 4.98 Å². The Bertz CT molecular complexity index is 450. The summed E-state index contributed by atoms with van der Waals surface area (Å²) in [7, 11) is -3.25. The minimum absolute atomic E-state index is 0.0387. The van der Waals surface area contributed by atoms with Gasteiger partial charge in [0, 0.05) is 31.4 Å². The van der Waals surface area contributed by atoms with Gasteiger partial charge in [0.2, 0.25) is 10.0 Å². The Balaban J connectivity index is 2.77. The number of rotatable bonds is 7. The molecule has 6 heteroatoms. The van der Waals surface area contributed by atoms with Crippen molar-refractivity contribution in [3.05, 3.63) is 30.1 Å². The molecule has 0 radical (unpaired) electrons. The van der Waals surface area contributed by atoms with E-state index >= 15 is 0 Å². The molecule has 1 heterocycles. The van der Waals surface area contributed by atoms with Crippen LogP contribution in [0.25, 0.3) is 0 Å². The van der Waals surface area contributed by atoms with Gasteiger partial charge >= 0.3 is 0 Å². The maximum atomic E-state index is 12.2. The predicted molar refractivity (Wildman–Crippen MR) is 74.0 cm³/mol. The Labute approximate surface area is 114 Å². The molecule has 4 nitrogen and oxygen atoms in total. The fraction of sp³-hybridized carbons (Fsp3) is 0.583. The van der Waals surface area contributed by atoms with Crippen LogP contribution in [0.15, 0.2) is 24.5 Å². The molecular weight excluding hydrogens is 272 g/mol. The van der Waals surface area contributed by atoms with E-state index in [4.69, 9.17) is 11.6 Å². The van der Waals surface area contributed by atoms with Gasteiger partial charge in [-0.2, -0.15) is 4.31 Å². The molecule has 0 aliphatic rings.